The topological polar surface area (TPSA) is 62.6 Å². The number of furan rings is 1. The fourth-order valence-corrected chi connectivity index (χ4v) is 2.18. The van der Waals surface area contributed by atoms with Crippen molar-refractivity contribution in [2.75, 3.05) is 0 Å². The molecule has 0 fully saturated rings. The van der Waals surface area contributed by atoms with Gasteiger partial charge in [-0.2, -0.15) is 0 Å². The first-order valence-electron chi connectivity index (χ1n) is 7.19. The minimum atomic E-state index is -0.548. The van der Waals surface area contributed by atoms with Crippen LogP contribution in [0.25, 0.3) is 0 Å². The fraction of sp³-hybridized carbons (Fsp3) is 0.294. The molecule has 1 aromatic heterocycles. The first-order valence-corrected chi connectivity index (χ1v) is 7.19. The van der Waals surface area contributed by atoms with Gasteiger partial charge in [0.25, 0.3) is 0 Å². The predicted molar refractivity (Wildman–Crippen MR) is 82.7 cm³/mol. The Morgan fingerprint density at radius 2 is 1.91 bits per heavy atom. The van der Waals surface area contributed by atoms with E-state index in [1.54, 1.807) is 30.2 Å². The third-order valence-corrected chi connectivity index (χ3v) is 3.46. The molecule has 0 aliphatic heterocycles. The molecule has 1 N–H and O–H groups in total. The lowest BCUT2D eigenvalue weighted by atomic mass is 10.1. The van der Waals surface area contributed by atoms with Crippen molar-refractivity contribution in [1.29, 1.82) is 0 Å². The molecule has 5 heteroatoms. The van der Waals surface area contributed by atoms with Gasteiger partial charge in [0.2, 0.25) is 11.8 Å². The summed E-state index contributed by atoms with van der Waals surface area (Å²) in [7, 11) is 0. The number of nitrogens with one attached hydrogen (secondary N) is 1. The van der Waals surface area contributed by atoms with E-state index in [2.05, 4.69) is 5.32 Å². The Morgan fingerprint density at radius 3 is 2.50 bits per heavy atom. The summed E-state index contributed by atoms with van der Waals surface area (Å²) in [5.41, 5.74) is 0.989. The Balaban J connectivity index is 1.97. The summed E-state index contributed by atoms with van der Waals surface area (Å²) in [6.45, 7) is 3.92. The van der Waals surface area contributed by atoms with Crippen LogP contribution >= 0.6 is 0 Å². The molecule has 0 unspecified atom stereocenters. The second kappa shape index (κ2) is 7.45. The quantitative estimate of drug-likeness (QED) is 0.890. The van der Waals surface area contributed by atoms with Crippen molar-refractivity contribution in [1.82, 2.24) is 10.2 Å². The number of hydrogen-bond donors (Lipinski definition) is 1. The van der Waals surface area contributed by atoms with Gasteiger partial charge in [0.15, 0.2) is 0 Å². The zero-order chi connectivity index (χ0) is 15.9. The minimum Gasteiger partial charge on any atom is -0.467 e. The van der Waals surface area contributed by atoms with Crippen LogP contribution in [0.3, 0.4) is 0 Å². The summed E-state index contributed by atoms with van der Waals surface area (Å²) >= 11 is 0. The second-order valence-corrected chi connectivity index (χ2v) is 5.11. The highest BCUT2D eigenvalue weighted by atomic mass is 16.3. The highest BCUT2D eigenvalue weighted by Crippen LogP contribution is 2.09. The summed E-state index contributed by atoms with van der Waals surface area (Å²) in [5.74, 6) is 0.338. The number of nitrogens with zero attached hydrogens (tertiary/aromatic N) is 1. The highest BCUT2D eigenvalue weighted by molar-refractivity contribution is 5.86. The normalized spacial score (nSPS) is 11.7. The van der Waals surface area contributed by atoms with Crippen LogP contribution in [-0.4, -0.2) is 22.8 Å². The lowest BCUT2D eigenvalue weighted by Gasteiger charge is -2.27. The first kappa shape index (κ1) is 15.8. The van der Waals surface area contributed by atoms with Crippen molar-refractivity contribution in [3.05, 3.63) is 60.1 Å². The van der Waals surface area contributed by atoms with Gasteiger partial charge >= 0.3 is 0 Å². The third kappa shape index (κ3) is 4.22. The number of amides is 2. The van der Waals surface area contributed by atoms with Gasteiger partial charge in [-0.3, -0.25) is 9.59 Å². The molecule has 2 aromatic rings. The Labute approximate surface area is 129 Å². The van der Waals surface area contributed by atoms with Crippen LogP contribution in [0.5, 0.6) is 0 Å². The van der Waals surface area contributed by atoms with E-state index in [9.17, 15) is 9.59 Å². The van der Waals surface area contributed by atoms with Crippen molar-refractivity contribution in [2.45, 2.75) is 33.0 Å². The molecule has 0 aliphatic rings. The summed E-state index contributed by atoms with van der Waals surface area (Å²) in [5, 5.41) is 2.78. The molecule has 0 saturated carbocycles. The summed E-state index contributed by atoms with van der Waals surface area (Å²) in [6, 6.07) is 12.6. The molecular formula is C17H20N2O3. The van der Waals surface area contributed by atoms with E-state index in [1.807, 2.05) is 30.3 Å². The number of carbonyl (C=O) groups excluding carboxylic acids is 2. The largest absolute Gasteiger partial charge is 0.467 e. The van der Waals surface area contributed by atoms with Gasteiger partial charge in [-0.15, -0.1) is 0 Å². The summed E-state index contributed by atoms with van der Waals surface area (Å²) in [6.07, 6.45) is 1.56. The Kier molecular flexibility index (Phi) is 5.36. The van der Waals surface area contributed by atoms with E-state index < -0.39 is 6.04 Å². The monoisotopic (exact) mass is 300 g/mol. The van der Waals surface area contributed by atoms with Crippen molar-refractivity contribution in [3.8, 4) is 0 Å². The van der Waals surface area contributed by atoms with Gasteiger partial charge in [-0.05, 0) is 24.6 Å². The zero-order valence-electron chi connectivity index (χ0n) is 12.8. The number of rotatable bonds is 6. The van der Waals surface area contributed by atoms with Gasteiger partial charge in [-0.1, -0.05) is 30.3 Å². The van der Waals surface area contributed by atoms with Gasteiger partial charge < -0.3 is 14.6 Å². The number of benzene rings is 1. The molecule has 22 heavy (non-hydrogen) atoms. The molecule has 116 valence electrons. The molecule has 0 bridgehead atoms. The first-order chi connectivity index (χ1) is 10.6. The van der Waals surface area contributed by atoms with Crippen molar-refractivity contribution in [2.24, 2.45) is 0 Å². The lowest BCUT2D eigenvalue weighted by Crippen LogP contribution is -2.46. The van der Waals surface area contributed by atoms with E-state index in [0.29, 0.717) is 18.8 Å². The van der Waals surface area contributed by atoms with Crippen LogP contribution in [0.1, 0.15) is 25.2 Å². The van der Waals surface area contributed by atoms with Gasteiger partial charge in [0, 0.05) is 13.5 Å². The molecule has 0 aliphatic carbocycles. The molecule has 2 rings (SSSR count). The molecule has 0 radical (unpaired) electrons. The van der Waals surface area contributed by atoms with Crippen LogP contribution in [0.2, 0.25) is 0 Å². The van der Waals surface area contributed by atoms with Crippen LogP contribution in [-0.2, 0) is 22.7 Å². The number of carbonyl (C=O) groups is 2. The third-order valence-electron chi connectivity index (χ3n) is 3.46. The Hall–Kier alpha value is -2.56. The summed E-state index contributed by atoms with van der Waals surface area (Å²) < 4.78 is 5.17. The number of hydrogen-bond acceptors (Lipinski definition) is 3. The molecule has 1 aromatic carbocycles. The van der Waals surface area contributed by atoms with Gasteiger partial charge in [-0.25, -0.2) is 0 Å². The highest BCUT2D eigenvalue weighted by Gasteiger charge is 2.23. The van der Waals surface area contributed by atoms with Crippen molar-refractivity contribution in [3.63, 3.8) is 0 Å². The van der Waals surface area contributed by atoms with Crippen LogP contribution < -0.4 is 5.32 Å². The average Bonchev–Trinajstić information content (AvgIpc) is 3.03. The van der Waals surface area contributed by atoms with Gasteiger partial charge in [0.1, 0.15) is 11.8 Å². The van der Waals surface area contributed by atoms with Crippen LogP contribution in [0.15, 0.2) is 53.1 Å². The van der Waals surface area contributed by atoms with Crippen molar-refractivity contribution >= 4 is 11.8 Å². The van der Waals surface area contributed by atoms with Gasteiger partial charge in [0.05, 0.1) is 12.8 Å². The van der Waals surface area contributed by atoms with E-state index >= 15 is 0 Å². The SMILES string of the molecule is CC(=O)N(Cc1ccccc1)[C@@H](C)C(=O)NCc1ccco1. The predicted octanol–water partition coefficient (Wildman–Crippen LogP) is 2.33. The fourth-order valence-electron chi connectivity index (χ4n) is 2.18. The average molecular weight is 300 g/mol. The molecule has 5 nitrogen and oxygen atoms in total. The maximum atomic E-state index is 12.2. The molecule has 0 spiro atoms. The maximum absolute atomic E-state index is 12.2. The minimum absolute atomic E-state index is 0.135. The van der Waals surface area contributed by atoms with E-state index in [1.165, 1.54) is 6.92 Å². The second-order valence-electron chi connectivity index (χ2n) is 5.11. The lowest BCUT2D eigenvalue weighted by molar-refractivity contribution is -0.139. The standard InChI is InChI=1S/C17H20N2O3/c1-13(17(21)18-11-16-9-6-10-22-16)19(14(2)20)12-15-7-4-3-5-8-15/h3-10,13H,11-12H2,1-2H3,(H,18,21)/t13-/m0/s1. The smallest absolute Gasteiger partial charge is 0.242 e. The van der Waals surface area contributed by atoms with Crippen LogP contribution in [0.4, 0.5) is 0 Å². The zero-order valence-corrected chi connectivity index (χ0v) is 12.8. The molecule has 2 amide bonds. The van der Waals surface area contributed by atoms with E-state index in [0.717, 1.165) is 5.56 Å². The van der Waals surface area contributed by atoms with Crippen LogP contribution in [0, 0.1) is 0 Å². The molecule has 1 atom stereocenters. The Bertz CT molecular complexity index is 608. The summed E-state index contributed by atoms with van der Waals surface area (Å²) in [4.78, 5) is 25.6. The molecular weight excluding hydrogens is 280 g/mol. The maximum Gasteiger partial charge on any atom is 0.242 e. The van der Waals surface area contributed by atoms with E-state index in [-0.39, 0.29) is 11.8 Å². The molecule has 1 heterocycles. The Morgan fingerprint density at radius 1 is 1.18 bits per heavy atom. The van der Waals surface area contributed by atoms with E-state index in [4.69, 9.17) is 4.42 Å². The van der Waals surface area contributed by atoms with Crippen molar-refractivity contribution < 1.29 is 14.0 Å². The molecule has 0 saturated heterocycles.